The number of hydrogen-bond acceptors (Lipinski definition) is 8. The lowest BCUT2D eigenvalue weighted by atomic mass is 9.55. The number of aliphatic hydroxyl groups excluding tert-OH is 1. The molecule has 1 saturated heterocycles. The van der Waals surface area contributed by atoms with E-state index in [0.717, 1.165) is 11.1 Å². The predicted octanol–water partition coefficient (Wildman–Crippen LogP) is 3.16. The van der Waals surface area contributed by atoms with Gasteiger partial charge in [-0.25, -0.2) is 4.79 Å². The lowest BCUT2D eigenvalue weighted by Gasteiger charge is -2.52. The van der Waals surface area contributed by atoms with Crippen LogP contribution in [0.15, 0.2) is 22.8 Å². The molecule has 0 amide bonds. The molecule has 188 valence electrons. The van der Waals surface area contributed by atoms with Gasteiger partial charge in [-0.1, -0.05) is 19.4 Å². The van der Waals surface area contributed by atoms with E-state index in [0.29, 0.717) is 24.8 Å². The molecule has 8 nitrogen and oxygen atoms in total. The molecule has 4 rings (SSSR count). The molecule has 8 unspecified atom stereocenters. The van der Waals surface area contributed by atoms with Gasteiger partial charge in [-0.05, 0) is 51.7 Å². The third kappa shape index (κ3) is 4.09. The van der Waals surface area contributed by atoms with Crippen molar-refractivity contribution >= 4 is 17.9 Å². The largest absolute Gasteiger partial charge is 0.462 e. The van der Waals surface area contributed by atoms with Crippen LogP contribution in [0.4, 0.5) is 0 Å². The number of epoxide rings is 1. The van der Waals surface area contributed by atoms with Crippen molar-refractivity contribution in [3.05, 3.63) is 22.8 Å². The highest BCUT2D eigenvalue weighted by Crippen LogP contribution is 2.63. The predicted molar refractivity (Wildman–Crippen MR) is 121 cm³/mol. The molecule has 34 heavy (non-hydrogen) atoms. The molecule has 8 atom stereocenters. The molecule has 0 radical (unpaired) electrons. The van der Waals surface area contributed by atoms with Crippen molar-refractivity contribution in [1.82, 2.24) is 0 Å². The summed E-state index contributed by atoms with van der Waals surface area (Å²) in [6.07, 6.45) is 0.561. The zero-order valence-corrected chi connectivity index (χ0v) is 20.9. The van der Waals surface area contributed by atoms with E-state index >= 15 is 0 Å². The molecule has 0 bridgehead atoms. The van der Waals surface area contributed by atoms with Crippen LogP contribution in [0.2, 0.25) is 0 Å². The van der Waals surface area contributed by atoms with E-state index in [1.165, 1.54) is 6.92 Å². The Bertz CT molecular complexity index is 950. The smallest absolute Gasteiger partial charge is 0.334 e. The third-order valence-corrected chi connectivity index (χ3v) is 8.28. The van der Waals surface area contributed by atoms with Crippen LogP contribution in [-0.4, -0.2) is 59.1 Å². The molecule has 8 heteroatoms. The highest BCUT2D eigenvalue weighted by Gasteiger charge is 2.72. The van der Waals surface area contributed by atoms with Gasteiger partial charge in [-0.2, -0.15) is 0 Å². The molecule has 0 spiro atoms. The van der Waals surface area contributed by atoms with Crippen LogP contribution in [0.25, 0.3) is 0 Å². The van der Waals surface area contributed by atoms with Crippen LogP contribution in [-0.2, 0) is 33.3 Å². The van der Waals surface area contributed by atoms with E-state index in [4.69, 9.17) is 18.9 Å². The molecule has 2 aliphatic heterocycles. The molecule has 2 aliphatic carbocycles. The number of hydrogen-bond donors (Lipinski definition) is 1. The number of esters is 3. The fraction of sp³-hybridized carbons (Fsp3) is 0.731. The standard InChI is InChI=1S/C26H36O8/c1-7-8-22(29)33-23-17(28)9-13(2)10-18-16(14(3)24(30)32-18)11-19-25(23,5)20(31-15(4)27)12-21-26(19,6)34-21/h10,17-21,23,28H,7-9,11-12H2,1-6H3. The van der Waals surface area contributed by atoms with Gasteiger partial charge in [0.1, 0.15) is 18.3 Å². The zero-order valence-electron chi connectivity index (χ0n) is 20.9. The molecule has 0 aromatic heterocycles. The summed E-state index contributed by atoms with van der Waals surface area (Å²) in [6, 6.07) is 0. The number of fused-ring (bicyclic) bond motifs is 4. The van der Waals surface area contributed by atoms with Crippen molar-refractivity contribution in [2.24, 2.45) is 11.3 Å². The highest BCUT2D eigenvalue weighted by molar-refractivity contribution is 5.92. The van der Waals surface area contributed by atoms with Gasteiger partial charge in [0.15, 0.2) is 0 Å². The molecule has 1 saturated carbocycles. The quantitative estimate of drug-likeness (QED) is 0.285. The van der Waals surface area contributed by atoms with Gasteiger partial charge in [0.25, 0.3) is 0 Å². The second-order valence-electron chi connectivity index (χ2n) is 10.7. The minimum absolute atomic E-state index is 0.128. The first-order valence-electron chi connectivity index (χ1n) is 12.2. The maximum absolute atomic E-state index is 12.7. The molecule has 4 aliphatic rings. The summed E-state index contributed by atoms with van der Waals surface area (Å²) in [5.74, 6) is -1.50. The Kier molecular flexibility index (Phi) is 6.44. The fourth-order valence-corrected chi connectivity index (χ4v) is 6.36. The maximum Gasteiger partial charge on any atom is 0.334 e. The molecule has 0 aromatic carbocycles. The minimum Gasteiger partial charge on any atom is -0.462 e. The topological polar surface area (TPSA) is 112 Å². The van der Waals surface area contributed by atoms with Crippen molar-refractivity contribution in [3.8, 4) is 0 Å². The van der Waals surface area contributed by atoms with Crippen LogP contribution in [0.1, 0.15) is 73.6 Å². The first kappa shape index (κ1) is 24.9. The normalized spacial score (nSPS) is 41.4. The van der Waals surface area contributed by atoms with Gasteiger partial charge in [0.2, 0.25) is 0 Å². The summed E-state index contributed by atoms with van der Waals surface area (Å²) in [4.78, 5) is 37.3. The summed E-state index contributed by atoms with van der Waals surface area (Å²) >= 11 is 0. The minimum atomic E-state index is -1.04. The number of carbonyl (C=O) groups excluding carboxylic acids is 3. The van der Waals surface area contributed by atoms with Crippen LogP contribution < -0.4 is 0 Å². The van der Waals surface area contributed by atoms with E-state index in [-0.39, 0.29) is 30.8 Å². The van der Waals surface area contributed by atoms with Crippen LogP contribution in [0.5, 0.6) is 0 Å². The number of rotatable bonds is 4. The van der Waals surface area contributed by atoms with Crippen molar-refractivity contribution in [3.63, 3.8) is 0 Å². The van der Waals surface area contributed by atoms with E-state index in [1.54, 1.807) is 6.92 Å². The van der Waals surface area contributed by atoms with Crippen LogP contribution >= 0.6 is 0 Å². The summed E-state index contributed by atoms with van der Waals surface area (Å²) in [7, 11) is 0. The molecule has 2 heterocycles. The Labute approximate surface area is 200 Å². The number of aliphatic hydroxyl groups is 1. The average molecular weight is 477 g/mol. The van der Waals surface area contributed by atoms with Gasteiger partial charge in [-0.15, -0.1) is 0 Å². The molecular formula is C26H36O8. The zero-order chi connectivity index (χ0) is 25.0. The molecule has 2 fully saturated rings. The highest BCUT2D eigenvalue weighted by atomic mass is 16.6. The van der Waals surface area contributed by atoms with Gasteiger partial charge in [0.05, 0.1) is 23.2 Å². The van der Waals surface area contributed by atoms with Gasteiger partial charge in [-0.3, -0.25) is 9.59 Å². The lowest BCUT2D eigenvalue weighted by Crippen LogP contribution is -2.62. The van der Waals surface area contributed by atoms with Gasteiger partial charge >= 0.3 is 17.9 Å². The van der Waals surface area contributed by atoms with E-state index in [1.807, 2.05) is 33.8 Å². The first-order chi connectivity index (χ1) is 15.9. The Morgan fingerprint density at radius 3 is 2.56 bits per heavy atom. The van der Waals surface area contributed by atoms with Gasteiger partial charge in [0, 0.05) is 31.3 Å². The Hall–Kier alpha value is -2.19. The summed E-state index contributed by atoms with van der Waals surface area (Å²) in [5, 5.41) is 11.4. The second kappa shape index (κ2) is 8.79. The van der Waals surface area contributed by atoms with Crippen LogP contribution in [0.3, 0.4) is 0 Å². The number of carbonyl (C=O) groups is 3. The first-order valence-corrected chi connectivity index (χ1v) is 12.2. The molecular weight excluding hydrogens is 440 g/mol. The third-order valence-electron chi connectivity index (χ3n) is 8.28. The average Bonchev–Trinajstić information content (AvgIpc) is 3.32. The summed E-state index contributed by atoms with van der Waals surface area (Å²) in [5.41, 5.74) is 0.712. The SMILES string of the molecule is CCCC(=O)OC1C(O)CC(C)=CC2OC(=O)C(C)=C2CC2C3(C)OC3CC(OC(C)=O)C12C. The molecule has 1 N–H and O–H groups in total. The van der Waals surface area contributed by atoms with Crippen LogP contribution in [0, 0.1) is 11.3 Å². The van der Waals surface area contributed by atoms with Crippen molar-refractivity contribution in [1.29, 1.82) is 0 Å². The van der Waals surface area contributed by atoms with Crippen molar-refractivity contribution < 1.29 is 38.4 Å². The second-order valence-corrected chi connectivity index (χ2v) is 10.7. The maximum atomic E-state index is 12.7. The van der Waals surface area contributed by atoms with E-state index in [9.17, 15) is 19.5 Å². The van der Waals surface area contributed by atoms with Gasteiger partial charge < -0.3 is 24.1 Å². The van der Waals surface area contributed by atoms with Crippen molar-refractivity contribution in [2.75, 3.05) is 0 Å². The summed E-state index contributed by atoms with van der Waals surface area (Å²) < 4.78 is 23.6. The Morgan fingerprint density at radius 1 is 1.21 bits per heavy atom. The van der Waals surface area contributed by atoms with Crippen molar-refractivity contribution in [2.45, 2.75) is 110 Å². The fourth-order valence-electron chi connectivity index (χ4n) is 6.36. The van der Waals surface area contributed by atoms with E-state index in [2.05, 4.69) is 0 Å². The molecule has 0 aromatic rings. The Morgan fingerprint density at radius 2 is 1.91 bits per heavy atom. The monoisotopic (exact) mass is 476 g/mol. The number of ether oxygens (including phenoxy) is 4. The van der Waals surface area contributed by atoms with E-state index < -0.39 is 47.4 Å². The Balaban J connectivity index is 1.88. The lowest BCUT2D eigenvalue weighted by molar-refractivity contribution is -0.203. The summed E-state index contributed by atoms with van der Waals surface area (Å²) in [6.45, 7) is 10.8.